The summed E-state index contributed by atoms with van der Waals surface area (Å²) in [4.78, 5) is 19.1. The van der Waals surface area contributed by atoms with Crippen molar-refractivity contribution < 1.29 is 9.53 Å². The van der Waals surface area contributed by atoms with Crippen LogP contribution in [-0.4, -0.2) is 92.7 Å². The van der Waals surface area contributed by atoms with E-state index in [0.29, 0.717) is 35.2 Å². The lowest BCUT2D eigenvalue weighted by atomic mass is 9.92. The normalized spacial score (nSPS) is 22.6. The molecule has 0 bridgehead atoms. The number of halogens is 2. The van der Waals surface area contributed by atoms with Gasteiger partial charge in [-0.3, -0.25) is 19.5 Å². The second-order valence-corrected chi connectivity index (χ2v) is 12.8. The fourth-order valence-corrected chi connectivity index (χ4v) is 7.11. The number of hydrogen-bond acceptors (Lipinski definition) is 6. The minimum atomic E-state index is -0.192. The van der Waals surface area contributed by atoms with Crippen molar-refractivity contribution >= 4 is 45.8 Å². The summed E-state index contributed by atoms with van der Waals surface area (Å²) in [6.45, 7) is 17.3. The highest BCUT2D eigenvalue weighted by atomic mass is 35.5. The summed E-state index contributed by atoms with van der Waals surface area (Å²) in [5.74, 6) is 0.894. The van der Waals surface area contributed by atoms with Gasteiger partial charge in [-0.15, -0.1) is 0 Å². The molecule has 0 saturated carbocycles. The van der Waals surface area contributed by atoms with Crippen LogP contribution < -0.4 is 4.90 Å². The first-order valence-corrected chi connectivity index (χ1v) is 14.8. The Morgan fingerprint density at radius 2 is 1.93 bits per heavy atom. The van der Waals surface area contributed by atoms with Gasteiger partial charge in [0.05, 0.1) is 47.1 Å². The summed E-state index contributed by atoms with van der Waals surface area (Å²) in [5.41, 5.74) is 3.52. The Morgan fingerprint density at radius 1 is 1.20 bits per heavy atom. The Bertz CT molecular complexity index is 1450. The zero-order valence-electron chi connectivity index (χ0n) is 23.6. The summed E-state index contributed by atoms with van der Waals surface area (Å²) < 4.78 is 7.69. The number of aromatic amines is 1. The van der Waals surface area contributed by atoms with Gasteiger partial charge in [0.25, 0.3) is 0 Å². The summed E-state index contributed by atoms with van der Waals surface area (Å²) in [6.07, 6.45) is 4.85. The average Bonchev–Trinajstić information content (AvgIpc) is 3.49. The Labute approximate surface area is 245 Å². The SMILES string of the molecule is C=CC(=O)N1CCC(n2nc(N3C[C@H](C)N(C4COC4)CC3(C)C)c(-c3c(Cl)c(Cl)cc4[nH]ncc34)c2C)CC1. The van der Waals surface area contributed by atoms with Gasteiger partial charge in [-0.2, -0.15) is 10.2 Å². The number of amides is 1. The molecule has 0 radical (unpaired) electrons. The molecule has 5 heterocycles. The third-order valence-electron chi connectivity index (χ3n) is 8.97. The molecule has 3 aromatic rings. The van der Waals surface area contributed by atoms with Crippen LogP contribution in [0.2, 0.25) is 10.0 Å². The molecule has 0 aliphatic carbocycles. The number of benzene rings is 1. The van der Waals surface area contributed by atoms with E-state index in [4.69, 9.17) is 33.0 Å². The number of carbonyl (C=O) groups excluding carboxylic acids is 1. The number of nitrogens with one attached hydrogen (secondary N) is 1. The zero-order valence-corrected chi connectivity index (χ0v) is 25.1. The summed E-state index contributed by atoms with van der Waals surface area (Å²) in [7, 11) is 0. The van der Waals surface area contributed by atoms with Crippen LogP contribution in [0.4, 0.5) is 5.82 Å². The minimum absolute atomic E-state index is 0.0180. The second kappa shape index (κ2) is 10.4. The van der Waals surface area contributed by atoms with Crippen molar-refractivity contribution in [3.63, 3.8) is 0 Å². The lowest BCUT2D eigenvalue weighted by Crippen LogP contribution is -2.67. The van der Waals surface area contributed by atoms with Crippen molar-refractivity contribution in [1.29, 1.82) is 0 Å². The molecule has 40 heavy (non-hydrogen) atoms. The zero-order chi connectivity index (χ0) is 28.3. The van der Waals surface area contributed by atoms with E-state index in [1.165, 1.54) is 6.08 Å². The Kier molecular flexibility index (Phi) is 7.14. The Hall–Kier alpha value is -2.59. The number of H-pyrrole nitrogens is 1. The summed E-state index contributed by atoms with van der Waals surface area (Å²) in [5, 5.41) is 14.6. The number of ether oxygens (including phenoxy) is 1. The fraction of sp³-hybridized carbons (Fsp3) is 0.552. The van der Waals surface area contributed by atoms with E-state index >= 15 is 0 Å². The first-order valence-electron chi connectivity index (χ1n) is 14.0. The van der Waals surface area contributed by atoms with Crippen LogP contribution in [0.1, 0.15) is 45.3 Å². The molecule has 1 amide bonds. The minimum Gasteiger partial charge on any atom is -0.378 e. The van der Waals surface area contributed by atoms with Gasteiger partial charge in [0.1, 0.15) is 0 Å². The predicted octanol–water partition coefficient (Wildman–Crippen LogP) is 5.08. The third-order valence-corrected chi connectivity index (χ3v) is 9.76. The fourth-order valence-electron chi connectivity index (χ4n) is 6.66. The van der Waals surface area contributed by atoms with E-state index in [2.05, 4.69) is 59.0 Å². The molecule has 6 rings (SSSR count). The van der Waals surface area contributed by atoms with Gasteiger partial charge in [-0.05, 0) is 52.7 Å². The van der Waals surface area contributed by atoms with E-state index in [0.717, 1.165) is 72.7 Å². The van der Waals surface area contributed by atoms with Crippen molar-refractivity contribution in [2.24, 2.45) is 0 Å². The van der Waals surface area contributed by atoms with E-state index in [1.807, 2.05) is 17.2 Å². The first-order chi connectivity index (χ1) is 19.1. The first kappa shape index (κ1) is 27.6. The second-order valence-electron chi connectivity index (χ2n) is 12.0. The summed E-state index contributed by atoms with van der Waals surface area (Å²) in [6, 6.07) is 2.78. The van der Waals surface area contributed by atoms with Crippen LogP contribution in [0, 0.1) is 6.92 Å². The van der Waals surface area contributed by atoms with Gasteiger partial charge in [0.15, 0.2) is 5.82 Å². The quantitative estimate of drug-likeness (QED) is 0.420. The van der Waals surface area contributed by atoms with Gasteiger partial charge in [0, 0.05) is 60.0 Å². The van der Waals surface area contributed by atoms with Crippen LogP contribution in [-0.2, 0) is 9.53 Å². The molecule has 2 aromatic heterocycles. The molecule has 1 N–H and O–H groups in total. The molecule has 3 aliphatic rings. The van der Waals surface area contributed by atoms with Crippen LogP contribution in [0.3, 0.4) is 0 Å². The number of hydrogen-bond donors (Lipinski definition) is 1. The molecular formula is C29H37Cl2N7O2. The smallest absolute Gasteiger partial charge is 0.245 e. The highest BCUT2D eigenvalue weighted by molar-refractivity contribution is 6.45. The maximum atomic E-state index is 12.2. The van der Waals surface area contributed by atoms with E-state index in [-0.39, 0.29) is 17.5 Å². The largest absolute Gasteiger partial charge is 0.378 e. The standard InChI is InChI=1S/C29H37Cl2N7O2/c1-6-24(39)35-9-7-19(8-10-35)38-18(3)25(26-21-12-32-33-23(21)11-22(30)27(26)31)28(34-38)37-13-17(2)36(16-29(37,4)5)20-14-40-15-20/h6,11-12,17,19-20H,1,7-10,13-16H2,2-5H3,(H,32,33)/t17-/m0/s1. The van der Waals surface area contributed by atoms with Crippen molar-refractivity contribution in [1.82, 2.24) is 29.8 Å². The molecule has 1 aromatic carbocycles. The molecule has 9 nitrogen and oxygen atoms in total. The number of likely N-dealkylation sites (tertiary alicyclic amines) is 1. The molecule has 0 unspecified atom stereocenters. The van der Waals surface area contributed by atoms with Gasteiger partial charge in [-0.25, -0.2) is 0 Å². The number of piperidine rings is 1. The molecule has 214 valence electrons. The number of aromatic nitrogens is 4. The van der Waals surface area contributed by atoms with Gasteiger partial charge in [0.2, 0.25) is 5.91 Å². The lowest BCUT2D eigenvalue weighted by Gasteiger charge is -2.54. The van der Waals surface area contributed by atoms with Crippen LogP contribution in [0.15, 0.2) is 24.9 Å². The highest BCUT2D eigenvalue weighted by Gasteiger charge is 2.44. The van der Waals surface area contributed by atoms with Gasteiger partial charge in [-0.1, -0.05) is 29.8 Å². The van der Waals surface area contributed by atoms with E-state index < -0.39 is 0 Å². The van der Waals surface area contributed by atoms with Crippen molar-refractivity contribution in [3.8, 4) is 11.1 Å². The number of nitrogens with zero attached hydrogens (tertiary/aromatic N) is 6. The maximum absolute atomic E-state index is 12.2. The van der Waals surface area contributed by atoms with Crippen LogP contribution in [0.25, 0.3) is 22.0 Å². The van der Waals surface area contributed by atoms with Crippen molar-refractivity contribution in [3.05, 3.63) is 40.7 Å². The third kappa shape index (κ3) is 4.51. The molecule has 0 spiro atoms. The molecule has 3 saturated heterocycles. The van der Waals surface area contributed by atoms with Crippen LogP contribution >= 0.6 is 23.2 Å². The van der Waals surface area contributed by atoms with Gasteiger partial charge < -0.3 is 14.5 Å². The topological polar surface area (TPSA) is 82.5 Å². The summed E-state index contributed by atoms with van der Waals surface area (Å²) >= 11 is 13.7. The molecular weight excluding hydrogens is 549 g/mol. The number of piperazine rings is 1. The number of fused-ring (bicyclic) bond motifs is 1. The molecule has 3 aliphatic heterocycles. The van der Waals surface area contributed by atoms with Gasteiger partial charge >= 0.3 is 0 Å². The Balaban J connectivity index is 1.47. The Morgan fingerprint density at radius 3 is 2.58 bits per heavy atom. The maximum Gasteiger partial charge on any atom is 0.245 e. The van der Waals surface area contributed by atoms with Crippen molar-refractivity contribution in [2.75, 3.05) is 44.3 Å². The van der Waals surface area contributed by atoms with Crippen molar-refractivity contribution in [2.45, 2.75) is 64.2 Å². The van der Waals surface area contributed by atoms with E-state index in [9.17, 15) is 4.79 Å². The average molecular weight is 587 g/mol. The van der Waals surface area contributed by atoms with Crippen LogP contribution in [0.5, 0.6) is 0 Å². The lowest BCUT2D eigenvalue weighted by molar-refractivity contribution is -0.127. The van der Waals surface area contributed by atoms with E-state index in [1.54, 1.807) is 0 Å². The monoisotopic (exact) mass is 585 g/mol. The molecule has 1 atom stereocenters. The highest BCUT2D eigenvalue weighted by Crippen LogP contribution is 2.47. The number of carbonyl (C=O) groups is 1. The molecule has 3 fully saturated rings. The predicted molar refractivity (Wildman–Crippen MR) is 159 cm³/mol. The number of rotatable bonds is 5. The number of anilines is 1. The molecule has 11 heteroatoms.